The molecule has 0 atom stereocenters. The van der Waals surface area contributed by atoms with Crippen LogP contribution in [-0.4, -0.2) is 24.4 Å². The van der Waals surface area contributed by atoms with Gasteiger partial charge in [-0.1, -0.05) is 6.92 Å². The molecule has 7 heavy (non-hydrogen) atoms. The molecule has 0 heterocycles. The van der Waals surface area contributed by atoms with E-state index in [1.54, 1.807) is 6.29 Å². The van der Waals surface area contributed by atoms with E-state index in [4.69, 9.17) is 5.84 Å². The Kier molecular flexibility index (Phi) is 3.55. The summed E-state index contributed by atoms with van der Waals surface area (Å²) in [5, 5.41) is 1.38. The highest BCUT2D eigenvalue weighted by Crippen LogP contribution is 1.67. The van der Waals surface area contributed by atoms with Crippen molar-refractivity contribution in [1.82, 2.24) is 5.01 Å². The predicted octanol–water partition coefficient (Wildman–Crippen LogP) is -0.708. The molecule has 0 aliphatic carbocycles. The van der Waals surface area contributed by atoms with Crippen molar-refractivity contribution in [3.05, 3.63) is 0 Å². The fourth-order valence-electron chi connectivity index (χ4n) is 0.195. The molecule has 2 N–H and O–H groups in total. The van der Waals surface area contributed by atoms with Gasteiger partial charge in [0.1, 0.15) is 0 Å². The second-order valence-electron chi connectivity index (χ2n) is 1.21. The first-order chi connectivity index (χ1) is 3.31. The lowest BCUT2D eigenvalue weighted by Crippen LogP contribution is -2.32. The summed E-state index contributed by atoms with van der Waals surface area (Å²) in [6.07, 6.45) is 1.67. The third kappa shape index (κ3) is 3.42. The average molecular weight is 101 g/mol. The third-order valence-electron chi connectivity index (χ3n) is 0.674. The van der Waals surface area contributed by atoms with Crippen molar-refractivity contribution in [2.45, 2.75) is 6.92 Å². The lowest BCUT2D eigenvalue weighted by molar-refractivity contribution is 0.336. The van der Waals surface area contributed by atoms with Gasteiger partial charge in [-0.3, -0.25) is 10.6 Å². The summed E-state index contributed by atoms with van der Waals surface area (Å²) in [7, 11) is 0. The lowest BCUT2D eigenvalue weighted by Gasteiger charge is -2.05. The molecule has 0 saturated carbocycles. The fraction of sp³-hybridized carbons (Fsp3) is 0.750. The van der Waals surface area contributed by atoms with E-state index in [9.17, 15) is 4.79 Å². The van der Waals surface area contributed by atoms with E-state index in [-0.39, 0.29) is 6.54 Å². The topological polar surface area (TPSA) is 46.3 Å². The molecule has 0 aliphatic rings. The Balaban J connectivity index is 2.98. The highest BCUT2D eigenvalue weighted by Gasteiger charge is 1.88. The first-order valence-corrected chi connectivity index (χ1v) is 2.16. The Hall–Kier alpha value is -0.410. The minimum atomic E-state index is 0.205. The maximum absolute atomic E-state index is 9.53. The highest BCUT2D eigenvalue weighted by molar-refractivity contribution is 5.52. The number of hydrogen-bond donors (Lipinski definition) is 1. The molecule has 0 rings (SSSR count). The highest BCUT2D eigenvalue weighted by atomic mass is 16.1. The number of nitrogens with two attached hydrogens (primary N) is 1. The van der Waals surface area contributed by atoms with Crippen LogP contribution >= 0.6 is 0 Å². The van der Waals surface area contributed by atoms with Crippen LogP contribution in [0.4, 0.5) is 0 Å². The van der Waals surface area contributed by atoms with Crippen LogP contribution in [0.5, 0.6) is 0 Å². The zero-order chi connectivity index (χ0) is 5.70. The zero-order valence-corrected chi connectivity index (χ0v) is 4.35. The van der Waals surface area contributed by atoms with Gasteiger partial charge in [-0.15, -0.1) is 0 Å². The summed E-state index contributed by atoms with van der Waals surface area (Å²) in [5.74, 6) is 5.15. The second kappa shape index (κ2) is 3.77. The molecule has 3 nitrogen and oxygen atoms in total. The van der Waals surface area contributed by atoms with E-state index in [1.807, 2.05) is 6.92 Å². The Morgan fingerprint density at radius 3 is 2.57 bits per heavy atom. The van der Waals surface area contributed by atoms with Crippen LogP contribution in [0.3, 0.4) is 0 Å². The van der Waals surface area contributed by atoms with Crippen molar-refractivity contribution in [2.24, 2.45) is 5.84 Å². The Labute approximate surface area is 43.1 Å². The Morgan fingerprint density at radius 2 is 2.43 bits per heavy atom. The van der Waals surface area contributed by atoms with Crippen molar-refractivity contribution >= 4 is 6.29 Å². The van der Waals surface area contributed by atoms with Crippen LogP contribution in [0.15, 0.2) is 0 Å². The van der Waals surface area contributed by atoms with Gasteiger partial charge < -0.3 is 0 Å². The summed E-state index contributed by atoms with van der Waals surface area (Å²) in [6, 6.07) is 0. The standard InChI is InChI=1S/C4H9N2O/c1-2-6(5)3-4-7/h2-3,5H2,1H3. The van der Waals surface area contributed by atoms with Gasteiger partial charge in [0.2, 0.25) is 6.29 Å². The van der Waals surface area contributed by atoms with Gasteiger partial charge in [-0.05, 0) is 0 Å². The summed E-state index contributed by atoms with van der Waals surface area (Å²) >= 11 is 0. The zero-order valence-electron chi connectivity index (χ0n) is 4.35. The average Bonchev–Trinajstić information content (AvgIpc) is 1.68. The minimum absolute atomic E-state index is 0.205. The fourth-order valence-corrected chi connectivity index (χ4v) is 0.195. The van der Waals surface area contributed by atoms with Gasteiger partial charge >= 0.3 is 0 Å². The van der Waals surface area contributed by atoms with Gasteiger partial charge in [0.15, 0.2) is 0 Å². The molecule has 0 spiro atoms. The molecule has 0 unspecified atom stereocenters. The molecular formula is C4H9N2O. The molecule has 0 aromatic carbocycles. The summed E-state index contributed by atoms with van der Waals surface area (Å²) in [4.78, 5) is 9.53. The largest absolute Gasteiger partial charge is 0.289 e. The SMILES string of the molecule is CCN(N)C[C]=O. The van der Waals surface area contributed by atoms with Gasteiger partial charge in [0.05, 0.1) is 6.54 Å². The van der Waals surface area contributed by atoms with Crippen LogP contribution in [0.1, 0.15) is 6.92 Å². The second-order valence-corrected chi connectivity index (χ2v) is 1.21. The molecule has 41 valence electrons. The number of hydrazine groups is 1. The van der Waals surface area contributed by atoms with Crippen LogP contribution < -0.4 is 5.84 Å². The van der Waals surface area contributed by atoms with Gasteiger partial charge in [0.25, 0.3) is 0 Å². The molecule has 1 radical (unpaired) electrons. The molecule has 0 aromatic heterocycles. The van der Waals surface area contributed by atoms with E-state index in [1.165, 1.54) is 5.01 Å². The van der Waals surface area contributed by atoms with Crippen LogP contribution in [-0.2, 0) is 4.79 Å². The third-order valence-corrected chi connectivity index (χ3v) is 0.674. The molecule has 0 fully saturated rings. The van der Waals surface area contributed by atoms with Gasteiger partial charge in [-0.25, -0.2) is 5.01 Å². The number of nitrogens with zero attached hydrogens (tertiary/aromatic N) is 1. The van der Waals surface area contributed by atoms with Crippen LogP contribution in [0.2, 0.25) is 0 Å². The summed E-state index contributed by atoms with van der Waals surface area (Å²) in [5.41, 5.74) is 0. The molecule has 0 bridgehead atoms. The lowest BCUT2D eigenvalue weighted by atomic mass is 10.6. The summed E-state index contributed by atoms with van der Waals surface area (Å²) in [6.45, 7) is 2.77. The normalized spacial score (nSPS) is 9.57. The van der Waals surface area contributed by atoms with Crippen LogP contribution in [0.25, 0.3) is 0 Å². The molecule has 0 amide bonds. The van der Waals surface area contributed by atoms with E-state index < -0.39 is 0 Å². The van der Waals surface area contributed by atoms with E-state index >= 15 is 0 Å². The number of rotatable bonds is 3. The Bertz CT molecular complexity index is 55.7. The van der Waals surface area contributed by atoms with Crippen molar-refractivity contribution < 1.29 is 4.79 Å². The number of hydrogen-bond acceptors (Lipinski definition) is 3. The first kappa shape index (κ1) is 6.59. The molecule has 3 heteroatoms. The monoisotopic (exact) mass is 101 g/mol. The minimum Gasteiger partial charge on any atom is -0.289 e. The van der Waals surface area contributed by atoms with Crippen molar-refractivity contribution in [2.75, 3.05) is 13.1 Å². The summed E-state index contributed by atoms with van der Waals surface area (Å²) < 4.78 is 0. The van der Waals surface area contributed by atoms with Crippen molar-refractivity contribution in [3.63, 3.8) is 0 Å². The maximum atomic E-state index is 9.53. The van der Waals surface area contributed by atoms with Crippen molar-refractivity contribution in [1.29, 1.82) is 0 Å². The van der Waals surface area contributed by atoms with Gasteiger partial charge in [-0.2, -0.15) is 0 Å². The van der Waals surface area contributed by atoms with E-state index in [0.717, 1.165) is 0 Å². The number of likely N-dealkylation sites (N-methyl/N-ethyl adjacent to an activating group) is 1. The predicted molar refractivity (Wildman–Crippen MR) is 27.1 cm³/mol. The number of carbonyl (C=O) groups excluding carboxylic acids is 1. The molecule has 0 saturated heterocycles. The van der Waals surface area contributed by atoms with Gasteiger partial charge in [0, 0.05) is 6.54 Å². The Morgan fingerprint density at radius 1 is 1.86 bits per heavy atom. The maximum Gasteiger partial charge on any atom is 0.215 e. The van der Waals surface area contributed by atoms with E-state index in [0.29, 0.717) is 6.54 Å². The van der Waals surface area contributed by atoms with E-state index in [2.05, 4.69) is 0 Å². The van der Waals surface area contributed by atoms with Crippen LogP contribution in [0, 0.1) is 0 Å². The molecule has 0 aliphatic heterocycles. The molecular weight excluding hydrogens is 92.1 g/mol. The van der Waals surface area contributed by atoms with Crippen molar-refractivity contribution in [3.8, 4) is 0 Å². The quantitative estimate of drug-likeness (QED) is 0.377. The first-order valence-electron chi connectivity index (χ1n) is 2.16. The molecule has 0 aromatic rings. The smallest absolute Gasteiger partial charge is 0.215 e.